The molecular weight excluding hydrogens is 252 g/mol. The number of benzene rings is 1. The summed E-state index contributed by atoms with van der Waals surface area (Å²) < 4.78 is 34.3. The van der Waals surface area contributed by atoms with Crippen molar-refractivity contribution in [2.75, 3.05) is 26.1 Å². The molecule has 100 valence electrons. The lowest BCUT2D eigenvalue weighted by Gasteiger charge is -2.09. The van der Waals surface area contributed by atoms with Crippen molar-refractivity contribution in [2.24, 2.45) is 5.92 Å². The Morgan fingerprint density at radius 1 is 1.33 bits per heavy atom. The van der Waals surface area contributed by atoms with Crippen molar-refractivity contribution in [2.45, 2.75) is 12.2 Å². The Balaban J connectivity index is 1.97. The molecule has 0 bridgehead atoms. The van der Waals surface area contributed by atoms with Crippen LogP contribution in [-0.4, -0.2) is 34.5 Å². The number of ether oxygens (including phenoxy) is 2. The molecule has 1 fully saturated rings. The van der Waals surface area contributed by atoms with Gasteiger partial charge in [-0.15, -0.1) is 0 Å². The second-order valence-electron chi connectivity index (χ2n) is 4.63. The standard InChI is InChI=1S/C13H18O4S/c1-16-13-4-2-11(3-5-13)9-18(14,15)10-12-6-7-17-8-12/h2-5,12H,6-10H2,1H3. The number of hydrogen-bond acceptors (Lipinski definition) is 4. The van der Waals surface area contributed by atoms with E-state index in [4.69, 9.17) is 9.47 Å². The zero-order valence-corrected chi connectivity index (χ0v) is 11.3. The second-order valence-corrected chi connectivity index (χ2v) is 6.74. The molecule has 2 rings (SSSR count). The lowest BCUT2D eigenvalue weighted by atomic mass is 10.2. The third kappa shape index (κ3) is 3.71. The highest BCUT2D eigenvalue weighted by atomic mass is 32.2. The van der Waals surface area contributed by atoms with Crippen molar-refractivity contribution in [3.8, 4) is 5.75 Å². The van der Waals surface area contributed by atoms with Crippen LogP contribution in [0.5, 0.6) is 5.75 Å². The highest BCUT2D eigenvalue weighted by molar-refractivity contribution is 7.90. The molecule has 4 nitrogen and oxygen atoms in total. The van der Waals surface area contributed by atoms with Crippen molar-refractivity contribution >= 4 is 9.84 Å². The number of methoxy groups -OCH3 is 1. The Morgan fingerprint density at radius 2 is 2.06 bits per heavy atom. The van der Waals surface area contributed by atoms with Crippen LogP contribution < -0.4 is 4.74 Å². The number of hydrogen-bond donors (Lipinski definition) is 0. The summed E-state index contributed by atoms with van der Waals surface area (Å²) in [6.07, 6.45) is 0.849. The van der Waals surface area contributed by atoms with E-state index >= 15 is 0 Å². The Bertz CT molecular complexity index is 472. The fourth-order valence-electron chi connectivity index (χ4n) is 2.11. The van der Waals surface area contributed by atoms with E-state index in [0.29, 0.717) is 13.2 Å². The van der Waals surface area contributed by atoms with E-state index in [2.05, 4.69) is 0 Å². The van der Waals surface area contributed by atoms with Gasteiger partial charge in [0, 0.05) is 6.61 Å². The highest BCUT2D eigenvalue weighted by Crippen LogP contribution is 2.18. The minimum Gasteiger partial charge on any atom is -0.497 e. The average Bonchev–Trinajstić information content (AvgIpc) is 2.81. The molecule has 0 aromatic heterocycles. The summed E-state index contributed by atoms with van der Waals surface area (Å²) in [4.78, 5) is 0. The minimum absolute atomic E-state index is 0.0908. The van der Waals surface area contributed by atoms with Crippen molar-refractivity contribution in [1.29, 1.82) is 0 Å². The molecule has 0 radical (unpaired) electrons. The maximum Gasteiger partial charge on any atom is 0.154 e. The van der Waals surface area contributed by atoms with Crippen LogP contribution in [0.2, 0.25) is 0 Å². The van der Waals surface area contributed by atoms with Crippen LogP contribution in [0.15, 0.2) is 24.3 Å². The summed E-state index contributed by atoms with van der Waals surface area (Å²) in [6.45, 7) is 1.25. The average molecular weight is 270 g/mol. The van der Waals surface area contributed by atoms with Crippen LogP contribution in [0, 0.1) is 5.92 Å². The van der Waals surface area contributed by atoms with E-state index in [0.717, 1.165) is 17.7 Å². The smallest absolute Gasteiger partial charge is 0.154 e. The van der Waals surface area contributed by atoms with Gasteiger partial charge in [-0.05, 0) is 30.0 Å². The molecule has 0 spiro atoms. The van der Waals surface area contributed by atoms with Gasteiger partial charge >= 0.3 is 0 Å². The summed E-state index contributed by atoms with van der Waals surface area (Å²) in [5, 5.41) is 0. The van der Waals surface area contributed by atoms with Crippen molar-refractivity contribution in [1.82, 2.24) is 0 Å². The van der Waals surface area contributed by atoms with Crippen LogP contribution in [-0.2, 0) is 20.3 Å². The predicted octanol–water partition coefficient (Wildman–Crippen LogP) is 1.65. The monoisotopic (exact) mass is 270 g/mol. The van der Waals surface area contributed by atoms with E-state index in [1.165, 1.54) is 0 Å². The lowest BCUT2D eigenvalue weighted by molar-refractivity contribution is 0.188. The second kappa shape index (κ2) is 5.71. The molecule has 1 saturated heterocycles. The first-order valence-electron chi connectivity index (χ1n) is 6.00. The normalized spacial score (nSPS) is 19.9. The Labute approximate surface area is 108 Å². The van der Waals surface area contributed by atoms with Crippen LogP contribution in [0.4, 0.5) is 0 Å². The van der Waals surface area contributed by atoms with E-state index in [9.17, 15) is 8.42 Å². The highest BCUT2D eigenvalue weighted by Gasteiger charge is 2.23. The third-order valence-corrected chi connectivity index (χ3v) is 4.81. The number of rotatable bonds is 5. The third-order valence-electron chi connectivity index (χ3n) is 3.06. The molecule has 0 saturated carbocycles. The summed E-state index contributed by atoms with van der Waals surface area (Å²) in [6, 6.07) is 7.15. The zero-order chi connectivity index (χ0) is 13.0. The largest absolute Gasteiger partial charge is 0.497 e. The van der Waals surface area contributed by atoms with Gasteiger partial charge in [-0.25, -0.2) is 8.42 Å². The molecule has 1 heterocycles. The first-order chi connectivity index (χ1) is 8.59. The van der Waals surface area contributed by atoms with Crippen molar-refractivity contribution < 1.29 is 17.9 Å². The molecule has 1 atom stereocenters. The van der Waals surface area contributed by atoms with Gasteiger partial charge in [0.2, 0.25) is 0 Å². The zero-order valence-electron chi connectivity index (χ0n) is 10.5. The van der Waals surface area contributed by atoms with Crippen LogP contribution in [0.3, 0.4) is 0 Å². The van der Waals surface area contributed by atoms with E-state index < -0.39 is 9.84 Å². The van der Waals surface area contributed by atoms with Gasteiger partial charge in [-0.3, -0.25) is 0 Å². The summed E-state index contributed by atoms with van der Waals surface area (Å²) in [5.41, 5.74) is 0.801. The Kier molecular flexibility index (Phi) is 4.24. The first-order valence-corrected chi connectivity index (χ1v) is 7.82. The fourth-order valence-corrected chi connectivity index (χ4v) is 3.91. The molecule has 5 heteroatoms. The van der Waals surface area contributed by atoms with E-state index in [1.54, 1.807) is 31.4 Å². The lowest BCUT2D eigenvalue weighted by Crippen LogP contribution is -2.17. The SMILES string of the molecule is COc1ccc(CS(=O)(=O)CC2CCOC2)cc1. The predicted molar refractivity (Wildman–Crippen MR) is 69.4 cm³/mol. The minimum atomic E-state index is -3.06. The molecule has 18 heavy (non-hydrogen) atoms. The molecule has 1 aromatic rings. The molecule has 0 amide bonds. The van der Waals surface area contributed by atoms with Gasteiger partial charge < -0.3 is 9.47 Å². The molecule has 0 N–H and O–H groups in total. The summed E-state index contributed by atoms with van der Waals surface area (Å²) >= 11 is 0. The van der Waals surface area contributed by atoms with Crippen molar-refractivity contribution in [3.05, 3.63) is 29.8 Å². The summed E-state index contributed by atoms with van der Waals surface area (Å²) in [5.74, 6) is 1.21. The van der Waals surface area contributed by atoms with Gasteiger partial charge in [0.25, 0.3) is 0 Å². The van der Waals surface area contributed by atoms with E-state index in [1.807, 2.05) is 0 Å². The Hall–Kier alpha value is -1.07. The van der Waals surface area contributed by atoms with Crippen LogP contribution >= 0.6 is 0 Å². The molecule has 1 aromatic carbocycles. The molecule has 1 aliphatic heterocycles. The fraction of sp³-hybridized carbons (Fsp3) is 0.538. The molecule has 1 unspecified atom stereocenters. The van der Waals surface area contributed by atoms with Gasteiger partial charge in [-0.1, -0.05) is 12.1 Å². The van der Waals surface area contributed by atoms with Gasteiger partial charge in [0.05, 0.1) is 25.2 Å². The maximum atomic E-state index is 12.0. The van der Waals surface area contributed by atoms with Gasteiger partial charge in [0.15, 0.2) is 9.84 Å². The van der Waals surface area contributed by atoms with Gasteiger partial charge in [-0.2, -0.15) is 0 Å². The Morgan fingerprint density at radius 3 is 2.61 bits per heavy atom. The molecular formula is C13H18O4S. The topological polar surface area (TPSA) is 52.6 Å². The van der Waals surface area contributed by atoms with Crippen LogP contribution in [0.25, 0.3) is 0 Å². The molecule has 0 aliphatic carbocycles. The maximum absolute atomic E-state index is 12.0. The molecule has 1 aliphatic rings. The van der Waals surface area contributed by atoms with E-state index in [-0.39, 0.29) is 17.4 Å². The first kappa shape index (κ1) is 13.4. The van der Waals surface area contributed by atoms with Gasteiger partial charge in [0.1, 0.15) is 5.75 Å². The summed E-state index contributed by atoms with van der Waals surface area (Å²) in [7, 11) is -1.47. The van der Waals surface area contributed by atoms with Crippen molar-refractivity contribution in [3.63, 3.8) is 0 Å². The number of sulfone groups is 1. The quantitative estimate of drug-likeness (QED) is 0.816. The van der Waals surface area contributed by atoms with Crippen LogP contribution in [0.1, 0.15) is 12.0 Å².